The van der Waals surface area contributed by atoms with Crippen molar-refractivity contribution in [2.75, 3.05) is 30.0 Å². The van der Waals surface area contributed by atoms with Crippen molar-refractivity contribution in [2.24, 2.45) is 0 Å². The molecule has 1 saturated heterocycles. The number of hydrogen-bond donors (Lipinski definition) is 1. The van der Waals surface area contributed by atoms with Crippen LogP contribution in [-0.2, 0) is 6.54 Å². The van der Waals surface area contributed by atoms with Crippen LogP contribution in [0.5, 0.6) is 0 Å². The lowest BCUT2D eigenvalue weighted by atomic mass is 10.1. The number of benzene rings is 1. The molecular weight excluding hydrogens is 247 g/mol. The second-order valence-electron chi connectivity index (χ2n) is 4.65. The molecule has 0 bridgehead atoms. The van der Waals surface area contributed by atoms with E-state index in [4.69, 9.17) is 0 Å². The van der Waals surface area contributed by atoms with E-state index in [1.165, 1.54) is 12.2 Å². The number of halogens is 1. The SMILES string of the molecule is CCNCc1c(F)cccc1N(C)C1CCSC1. The Morgan fingerprint density at radius 2 is 2.33 bits per heavy atom. The summed E-state index contributed by atoms with van der Waals surface area (Å²) in [6.07, 6.45) is 1.19. The van der Waals surface area contributed by atoms with Gasteiger partial charge in [0.15, 0.2) is 0 Å². The summed E-state index contributed by atoms with van der Waals surface area (Å²) >= 11 is 1.98. The van der Waals surface area contributed by atoms with Gasteiger partial charge in [0.05, 0.1) is 0 Å². The van der Waals surface area contributed by atoms with Crippen LogP contribution in [0.3, 0.4) is 0 Å². The molecule has 0 aliphatic carbocycles. The fraction of sp³-hybridized carbons (Fsp3) is 0.571. The van der Waals surface area contributed by atoms with Crippen molar-refractivity contribution in [3.63, 3.8) is 0 Å². The van der Waals surface area contributed by atoms with Crippen molar-refractivity contribution in [3.8, 4) is 0 Å². The monoisotopic (exact) mass is 268 g/mol. The summed E-state index contributed by atoms with van der Waals surface area (Å²) in [6.45, 7) is 3.50. The highest BCUT2D eigenvalue weighted by molar-refractivity contribution is 7.99. The zero-order valence-corrected chi connectivity index (χ0v) is 11.9. The first-order valence-corrected chi connectivity index (χ1v) is 7.68. The minimum atomic E-state index is -0.106. The van der Waals surface area contributed by atoms with Crippen molar-refractivity contribution in [1.82, 2.24) is 5.32 Å². The number of nitrogens with one attached hydrogen (secondary N) is 1. The molecular formula is C14H21FN2S. The smallest absolute Gasteiger partial charge is 0.129 e. The molecule has 1 N–H and O–H groups in total. The Morgan fingerprint density at radius 3 is 3.00 bits per heavy atom. The van der Waals surface area contributed by atoms with E-state index in [1.54, 1.807) is 12.1 Å². The zero-order valence-electron chi connectivity index (χ0n) is 11.1. The van der Waals surface area contributed by atoms with E-state index in [-0.39, 0.29) is 5.82 Å². The Hall–Kier alpha value is -0.740. The van der Waals surface area contributed by atoms with Gasteiger partial charge in [-0.25, -0.2) is 4.39 Å². The first-order valence-electron chi connectivity index (χ1n) is 6.52. The predicted octanol–water partition coefficient (Wildman–Crippen LogP) is 2.88. The average molecular weight is 268 g/mol. The van der Waals surface area contributed by atoms with Gasteiger partial charge in [-0.3, -0.25) is 0 Å². The van der Waals surface area contributed by atoms with Gasteiger partial charge in [0, 0.05) is 36.6 Å². The number of rotatable bonds is 5. The van der Waals surface area contributed by atoms with Crippen LogP contribution >= 0.6 is 11.8 Å². The third-order valence-corrected chi connectivity index (χ3v) is 4.62. The van der Waals surface area contributed by atoms with E-state index >= 15 is 0 Å². The Kier molecular flexibility index (Phi) is 4.89. The van der Waals surface area contributed by atoms with Gasteiger partial charge < -0.3 is 10.2 Å². The largest absolute Gasteiger partial charge is 0.370 e. The zero-order chi connectivity index (χ0) is 13.0. The van der Waals surface area contributed by atoms with Gasteiger partial charge in [-0.15, -0.1) is 0 Å². The normalized spacial score (nSPS) is 19.2. The Morgan fingerprint density at radius 1 is 1.50 bits per heavy atom. The van der Waals surface area contributed by atoms with Crippen molar-refractivity contribution in [3.05, 3.63) is 29.6 Å². The number of anilines is 1. The number of thioether (sulfide) groups is 1. The highest BCUT2D eigenvalue weighted by atomic mass is 32.2. The molecule has 1 fully saturated rings. The van der Waals surface area contributed by atoms with Crippen LogP contribution in [0.1, 0.15) is 18.9 Å². The summed E-state index contributed by atoms with van der Waals surface area (Å²) in [5.74, 6) is 2.26. The van der Waals surface area contributed by atoms with E-state index in [0.717, 1.165) is 23.5 Å². The topological polar surface area (TPSA) is 15.3 Å². The molecule has 1 aliphatic rings. The van der Waals surface area contributed by atoms with Gasteiger partial charge >= 0.3 is 0 Å². The minimum absolute atomic E-state index is 0.106. The second kappa shape index (κ2) is 6.43. The van der Waals surface area contributed by atoms with E-state index in [1.807, 2.05) is 24.8 Å². The third-order valence-electron chi connectivity index (χ3n) is 3.48. The van der Waals surface area contributed by atoms with E-state index in [2.05, 4.69) is 17.3 Å². The molecule has 18 heavy (non-hydrogen) atoms. The summed E-state index contributed by atoms with van der Waals surface area (Å²) in [6, 6.07) is 5.92. The van der Waals surface area contributed by atoms with E-state index in [0.29, 0.717) is 12.6 Å². The van der Waals surface area contributed by atoms with Crippen LogP contribution in [0, 0.1) is 5.82 Å². The molecule has 1 aromatic rings. The van der Waals surface area contributed by atoms with Crippen molar-refractivity contribution in [2.45, 2.75) is 25.9 Å². The third kappa shape index (κ3) is 2.98. The Bertz CT molecular complexity index is 391. The van der Waals surface area contributed by atoms with Crippen LogP contribution in [-0.4, -0.2) is 31.1 Å². The molecule has 1 atom stereocenters. The quantitative estimate of drug-likeness (QED) is 0.884. The molecule has 0 aromatic heterocycles. The lowest BCUT2D eigenvalue weighted by Crippen LogP contribution is -2.32. The van der Waals surface area contributed by atoms with Crippen LogP contribution in [0.2, 0.25) is 0 Å². The number of hydrogen-bond acceptors (Lipinski definition) is 3. The van der Waals surface area contributed by atoms with Gasteiger partial charge in [-0.2, -0.15) is 11.8 Å². The molecule has 2 rings (SSSR count). The average Bonchev–Trinajstić information content (AvgIpc) is 2.90. The van der Waals surface area contributed by atoms with E-state index < -0.39 is 0 Å². The molecule has 0 radical (unpaired) electrons. The van der Waals surface area contributed by atoms with Gasteiger partial charge in [0.25, 0.3) is 0 Å². The van der Waals surface area contributed by atoms with Gasteiger partial charge in [-0.1, -0.05) is 13.0 Å². The molecule has 1 aromatic carbocycles. The lowest BCUT2D eigenvalue weighted by molar-refractivity contribution is 0.589. The molecule has 0 saturated carbocycles. The van der Waals surface area contributed by atoms with E-state index in [9.17, 15) is 4.39 Å². The van der Waals surface area contributed by atoms with Crippen molar-refractivity contribution >= 4 is 17.4 Å². The maximum absolute atomic E-state index is 13.9. The Labute approximate surface area is 113 Å². The molecule has 0 spiro atoms. The Balaban J connectivity index is 2.21. The summed E-state index contributed by atoms with van der Waals surface area (Å²) in [5, 5.41) is 3.22. The standard InChI is InChI=1S/C14H21FN2S/c1-3-16-9-12-13(15)5-4-6-14(12)17(2)11-7-8-18-10-11/h4-6,11,16H,3,7-10H2,1-2H3. The van der Waals surface area contributed by atoms with Gasteiger partial charge in [-0.05, 0) is 30.9 Å². The number of nitrogens with zero attached hydrogens (tertiary/aromatic N) is 1. The fourth-order valence-corrected chi connectivity index (χ4v) is 3.59. The summed E-state index contributed by atoms with van der Waals surface area (Å²) in [7, 11) is 2.08. The highest BCUT2D eigenvalue weighted by Crippen LogP contribution is 2.29. The van der Waals surface area contributed by atoms with Crippen LogP contribution in [0.25, 0.3) is 0 Å². The summed E-state index contributed by atoms with van der Waals surface area (Å²) < 4.78 is 13.9. The molecule has 2 nitrogen and oxygen atoms in total. The first kappa shape index (κ1) is 13.7. The van der Waals surface area contributed by atoms with Crippen LogP contribution in [0.15, 0.2) is 18.2 Å². The fourth-order valence-electron chi connectivity index (χ4n) is 2.33. The summed E-state index contributed by atoms with van der Waals surface area (Å²) in [4.78, 5) is 2.25. The predicted molar refractivity (Wildman–Crippen MR) is 77.9 cm³/mol. The minimum Gasteiger partial charge on any atom is -0.370 e. The summed E-state index contributed by atoms with van der Waals surface area (Å²) in [5.41, 5.74) is 1.82. The highest BCUT2D eigenvalue weighted by Gasteiger charge is 2.22. The molecule has 0 amide bonds. The maximum Gasteiger partial charge on any atom is 0.129 e. The molecule has 1 heterocycles. The molecule has 1 aliphatic heterocycles. The second-order valence-corrected chi connectivity index (χ2v) is 5.80. The maximum atomic E-state index is 13.9. The van der Waals surface area contributed by atoms with Gasteiger partial charge in [0.2, 0.25) is 0 Å². The van der Waals surface area contributed by atoms with Crippen LogP contribution in [0.4, 0.5) is 10.1 Å². The van der Waals surface area contributed by atoms with Gasteiger partial charge in [0.1, 0.15) is 5.82 Å². The molecule has 1 unspecified atom stereocenters. The molecule has 4 heteroatoms. The van der Waals surface area contributed by atoms with Crippen molar-refractivity contribution < 1.29 is 4.39 Å². The van der Waals surface area contributed by atoms with Crippen LogP contribution < -0.4 is 10.2 Å². The lowest BCUT2D eigenvalue weighted by Gasteiger charge is -2.28. The molecule has 100 valence electrons. The first-order chi connectivity index (χ1) is 8.74. The van der Waals surface area contributed by atoms with Crippen molar-refractivity contribution in [1.29, 1.82) is 0 Å².